The van der Waals surface area contributed by atoms with Gasteiger partial charge in [-0.3, -0.25) is 0 Å². The van der Waals surface area contributed by atoms with Gasteiger partial charge in [0.15, 0.2) is 0 Å². The molecule has 0 aliphatic carbocycles. The smallest absolute Gasteiger partial charge is 0.126 e. The second-order valence-corrected chi connectivity index (χ2v) is 3.59. The van der Waals surface area contributed by atoms with Gasteiger partial charge in [-0.15, -0.1) is 0 Å². The van der Waals surface area contributed by atoms with Crippen LogP contribution >= 0.6 is 0 Å². The summed E-state index contributed by atoms with van der Waals surface area (Å²) in [5.74, 6) is -0.226. The summed E-state index contributed by atoms with van der Waals surface area (Å²) in [7, 11) is 0. The zero-order valence-corrected chi connectivity index (χ0v) is 8.26. The van der Waals surface area contributed by atoms with Gasteiger partial charge in [0.05, 0.1) is 5.60 Å². The van der Waals surface area contributed by atoms with Crippen LogP contribution in [0, 0.1) is 12.7 Å². The fraction of sp³-hybridized carbons (Fsp3) is 0.455. The summed E-state index contributed by atoms with van der Waals surface area (Å²) >= 11 is 0. The largest absolute Gasteiger partial charge is 0.385 e. The van der Waals surface area contributed by atoms with Crippen molar-refractivity contribution >= 4 is 0 Å². The van der Waals surface area contributed by atoms with E-state index in [9.17, 15) is 9.50 Å². The van der Waals surface area contributed by atoms with E-state index in [2.05, 4.69) is 0 Å². The van der Waals surface area contributed by atoms with Crippen molar-refractivity contribution in [1.29, 1.82) is 0 Å². The maximum atomic E-state index is 12.9. The van der Waals surface area contributed by atoms with Crippen LogP contribution in [0.5, 0.6) is 0 Å². The molecule has 1 aromatic rings. The Morgan fingerprint density at radius 3 is 2.54 bits per heavy atom. The van der Waals surface area contributed by atoms with Crippen molar-refractivity contribution in [2.75, 3.05) is 0 Å². The van der Waals surface area contributed by atoms with Crippen molar-refractivity contribution in [2.45, 2.75) is 32.8 Å². The summed E-state index contributed by atoms with van der Waals surface area (Å²) in [6.07, 6.45) is 0.623. The van der Waals surface area contributed by atoms with E-state index in [0.29, 0.717) is 12.0 Å². The molecule has 1 nitrogen and oxygen atoms in total. The van der Waals surface area contributed by atoms with Crippen LogP contribution in [0.1, 0.15) is 31.4 Å². The molecule has 0 saturated heterocycles. The molecule has 1 aromatic carbocycles. The van der Waals surface area contributed by atoms with Gasteiger partial charge < -0.3 is 5.11 Å². The van der Waals surface area contributed by atoms with Crippen LogP contribution in [0.2, 0.25) is 0 Å². The second kappa shape index (κ2) is 3.46. The molecule has 0 bridgehead atoms. The SMILES string of the molecule is CCC(C)(O)c1ccc(F)c(C)c1. The molecule has 1 atom stereocenters. The number of benzene rings is 1. The van der Waals surface area contributed by atoms with Gasteiger partial charge in [-0.25, -0.2) is 4.39 Å². The third kappa shape index (κ3) is 2.07. The molecule has 0 radical (unpaired) electrons. The van der Waals surface area contributed by atoms with Crippen LogP contribution in [0.4, 0.5) is 4.39 Å². The number of halogens is 1. The van der Waals surface area contributed by atoms with E-state index in [-0.39, 0.29) is 5.82 Å². The lowest BCUT2D eigenvalue weighted by Gasteiger charge is -2.22. The predicted octanol–water partition coefficient (Wildman–Crippen LogP) is 2.75. The standard InChI is InChI=1S/C11H15FO/c1-4-11(3,13)9-5-6-10(12)8(2)7-9/h5-7,13H,4H2,1-3H3. The van der Waals surface area contributed by atoms with E-state index in [4.69, 9.17) is 0 Å². The van der Waals surface area contributed by atoms with E-state index in [0.717, 1.165) is 5.56 Å². The second-order valence-electron chi connectivity index (χ2n) is 3.59. The first-order valence-corrected chi connectivity index (χ1v) is 4.46. The van der Waals surface area contributed by atoms with Crippen molar-refractivity contribution in [2.24, 2.45) is 0 Å². The van der Waals surface area contributed by atoms with Gasteiger partial charge in [-0.05, 0) is 37.5 Å². The molecule has 1 unspecified atom stereocenters. The Kier molecular flexibility index (Phi) is 2.71. The molecule has 0 heterocycles. The average molecular weight is 182 g/mol. The molecular weight excluding hydrogens is 167 g/mol. The van der Waals surface area contributed by atoms with Crippen molar-refractivity contribution in [3.8, 4) is 0 Å². The van der Waals surface area contributed by atoms with Crippen LogP contribution < -0.4 is 0 Å². The minimum Gasteiger partial charge on any atom is -0.385 e. The number of aliphatic hydroxyl groups is 1. The average Bonchev–Trinajstić information content (AvgIpc) is 2.09. The van der Waals surface area contributed by atoms with Crippen molar-refractivity contribution in [1.82, 2.24) is 0 Å². The molecule has 72 valence electrons. The highest BCUT2D eigenvalue weighted by Gasteiger charge is 2.20. The fourth-order valence-corrected chi connectivity index (χ4v) is 1.18. The summed E-state index contributed by atoms with van der Waals surface area (Å²) in [6.45, 7) is 5.34. The lowest BCUT2D eigenvalue weighted by Crippen LogP contribution is -2.19. The third-order valence-electron chi connectivity index (χ3n) is 2.47. The van der Waals surface area contributed by atoms with Gasteiger partial charge in [0, 0.05) is 0 Å². The van der Waals surface area contributed by atoms with Gasteiger partial charge in [0.1, 0.15) is 5.82 Å². The zero-order chi connectivity index (χ0) is 10.1. The Morgan fingerprint density at radius 2 is 2.08 bits per heavy atom. The van der Waals surface area contributed by atoms with Crippen LogP contribution in [0.15, 0.2) is 18.2 Å². The predicted molar refractivity (Wildman–Crippen MR) is 51.0 cm³/mol. The number of hydrogen-bond donors (Lipinski definition) is 1. The molecule has 1 N–H and O–H groups in total. The molecule has 0 aromatic heterocycles. The van der Waals surface area contributed by atoms with Crippen LogP contribution in [0.3, 0.4) is 0 Å². The van der Waals surface area contributed by atoms with Gasteiger partial charge >= 0.3 is 0 Å². The highest BCUT2D eigenvalue weighted by atomic mass is 19.1. The van der Waals surface area contributed by atoms with Crippen molar-refractivity contribution in [3.05, 3.63) is 35.1 Å². The Labute approximate surface area is 78.2 Å². The maximum Gasteiger partial charge on any atom is 0.126 e. The lowest BCUT2D eigenvalue weighted by atomic mass is 9.92. The molecule has 2 heteroatoms. The molecule has 0 amide bonds. The Hall–Kier alpha value is -0.890. The van der Waals surface area contributed by atoms with E-state index in [1.807, 2.05) is 6.92 Å². The quantitative estimate of drug-likeness (QED) is 0.745. The maximum absolute atomic E-state index is 12.9. The van der Waals surface area contributed by atoms with Crippen LogP contribution in [-0.2, 0) is 5.60 Å². The van der Waals surface area contributed by atoms with Gasteiger partial charge in [0.25, 0.3) is 0 Å². The zero-order valence-electron chi connectivity index (χ0n) is 8.26. The minimum absolute atomic E-state index is 0.226. The van der Waals surface area contributed by atoms with E-state index in [1.54, 1.807) is 26.0 Å². The summed E-state index contributed by atoms with van der Waals surface area (Å²) in [4.78, 5) is 0. The number of rotatable bonds is 2. The summed E-state index contributed by atoms with van der Waals surface area (Å²) in [5.41, 5.74) is 0.499. The summed E-state index contributed by atoms with van der Waals surface area (Å²) in [5, 5.41) is 9.89. The molecule has 0 spiro atoms. The Balaban J connectivity index is 3.10. The van der Waals surface area contributed by atoms with E-state index < -0.39 is 5.60 Å². The molecule has 13 heavy (non-hydrogen) atoms. The molecule has 0 aliphatic heterocycles. The third-order valence-corrected chi connectivity index (χ3v) is 2.47. The van der Waals surface area contributed by atoms with Gasteiger partial charge in [-0.2, -0.15) is 0 Å². The van der Waals surface area contributed by atoms with E-state index in [1.165, 1.54) is 6.07 Å². The summed E-state index contributed by atoms with van der Waals surface area (Å²) < 4.78 is 12.9. The van der Waals surface area contributed by atoms with Crippen molar-refractivity contribution in [3.63, 3.8) is 0 Å². The molecule has 0 fully saturated rings. The molecule has 0 saturated carbocycles. The minimum atomic E-state index is -0.849. The summed E-state index contributed by atoms with van der Waals surface area (Å²) in [6, 6.07) is 4.72. The normalized spacial score (nSPS) is 15.5. The first-order valence-electron chi connectivity index (χ1n) is 4.46. The first-order chi connectivity index (χ1) is 5.97. The number of hydrogen-bond acceptors (Lipinski definition) is 1. The molecule has 1 rings (SSSR count). The Morgan fingerprint density at radius 1 is 1.46 bits per heavy atom. The first kappa shape index (κ1) is 10.2. The van der Waals surface area contributed by atoms with Gasteiger partial charge in [0.2, 0.25) is 0 Å². The molecule has 0 aliphatic rings. The lowest BCUT2D eigenvalue weighted by molar-refractivity contribution is 0.0529. The Bertz CT molecular complexity index is 305. The van der Waals surface area contributed by atoms with Gasteiger partial charge in [-0.1, -0.05) is 19.1 Å². The fourth-order valence-electron chi connectivity index (χ4n) is 1.18. The highest BCUT2D eigenvalue weighted by Crippen LogP contribution is 2.25. The van der Waals surface area contributed by atoms with E-state index >= 15 is 0 Å². The van der Waals surface area contributed by atoms with Crippen molar-refractivity contribution < 1.29 is 9.50 Å². The molecular formula is C11H15FO. The monoisotopic (exact) mass is 182 g/mol. The number of aryl methyl sites for hydroxylation is 1. The topological polar surface area (TPSA) is 20.2 Å². The highest BCUT2D eigenvalue weighted by molar-refractivity contribution is 5.27. The van der Waals surface area contributed by atoms with Crippen LogP contribution in [0.25, 0.3) is 0 Å². The van der Waals surface area contributed by atoms with Crippen LogP contribution in [-0.4, -0.2) is 5.11 Å².